The number of hydrazine groups is 1. The third-order valence-electron chi connectivity index (χ3n) is 2.52. The number of thiophene rings is 1. The molecule has 0 aliphatic carbocycles. The van der Waals surface area contributed by atoms with Crippen LogP contribution in [0.1, 0.15) is 0 Å². The van der Waals surface area contributed by atoms with Crippen molar-refractivity contribution in [3.63, 3.8) is 0 Å². The lowest BCUT2D eigenvalue weighted by Gasteiger charge is -2.09. The van der Waals surface area contributed by atoms with E-state index in [4.69, 9.17) is 33.8 Å². The van der Waals surface area contributed by atoms with Crippen LogP contribution in [0.15, 0.2) is 29.6 Å². The summed E-state index contributed by atoms with van der Waals surface area (Å²) >= 11 is 13.5. The number of halogens is 2. The molecule has 20 heavy (non-hydrogen) atoms. The predicted molar refractivity (Wildman–Crippen MR) is 81.8 cm³/mol. The first kappa shape index (κ1) is 13.4. The molecular formula is C12H8Cl2N4OS. The number of aromatic nitrogens is 2. The van der Waals surface area contributed by atoms with Gasteiger partial charge in [0.2, 0.25) is 11.8 Å². The Morgan fingerprint density at radius 1 is 1.20 bits per heavy atom. The van der Waals surface area contributed by atoms with Gasteiger partial charge in [-0.05, 0) is 23.6 Å². The summed E-state index contributed by atoms with van der Waals surface area (Å²) in [5.74, 6) is 6.42. The molecule has 0 radical (unpaired) electrons. The Bertz CT molecular complexity index is 777. The predicted octanol–water partition coefficient (Wildman–Crippen LogP) is 4.08. The second-order valence-corrected chi connectivity index (χ2v) is 5.55. The Labute approximate surface area is 128 Å². The van der Waals surface area contributed by atoms with Crippen LogP contribution in [0, 0.1) is 0 Å². The number of nitrogens with zero attached hydrogens (tertiary/aromatic N) is 2. The molecule has 5 nitrogen and oxygen atoms in total. The van der Waals surface area contributed by atoms with E-state index in [0.29, 0.717) is 21.7 Å². The fourth-order valence-corrected chi connectivity index (χ4v) is 2.70. The van der Waals surface area contributed by atoms with Gasteiger partial charge in [-0.25, -0.2) is 10.8 Å². The van der Waals surface area contributed by atoms with E-state index in [1.807, 2.05) is 11.4 Å². The maximum atomic E-state index is 6.08. The summed E-state index contributed by atoms with van der Waals surface area (Å²) in [6.45, 7) is 0. The van der Waals surface area contributed by atoms with E-state index in [0.717, 1.165) is 10.2 Å². The van der Waals surface area contributed by atoms with Crippen LogP contribution in [0.25, 0.3) is 10.2 Å². The van der Waals surface area contributed by atoms with Crippen LogP contribution in [0.4, 0.5) is 5.95 Å². The van der Waals surface area contributed by atoms with E-state index in [2.05, 4.69) is 15.4 Å². The van der Waals surface area contributed by atoms with E-state index in [9.17, 15) is 0 Å². The van der Waals surface area contributed by atoms with E-state index in [1.165, 1.54) is 11.3 Å². The lowest BCUT2D eigenvalue weighted by molar-refractivity contribution is 0.469. The number of fused-ring (bicyclic) bond motifs is 1. The molecule has 0 aliphatic rings. The van der Waals surface area contributed by atoms with Crippen LogP contribution >= 0.6 is 34.5 Å². The van der Waals surface area contributed by atoms with Crippen molar-refractivity contribution in [1.29, 1.82) is 0 Å². The van der Waals surface area contributed by atoms with Crippen molar-refractivity contribution in [2.75, 3.05) is 5.43 Å². The van der Waals surface area contributed by atoms with Gasteiger partial charge in [-0.15, -0.1) is 11.3 Å². The Kier molecular flexibility index (Phi) is 3.62. The average Bonchev–Trinajstić information content (AvgIpc) is 2.91. The zero-order valence-corrected chi connectivity index (χ0v) is 12.3. The summed E-state index contributed by atoms with van der Waals surface area (Å²) in [6, 6.07) is 6.84. The molecule has 0 unspecified atom stereocenters. The highest BCUT2D eigenvalue weighted by molar-refractivity contribution is 7.16. The molecular weight excluding hydrogens is 319 g/mol. The van der Waals surface area contributed by atoms with E-state index in [-0.39, 0.29) is 5.95 Å². The van der Waals surface area contributed by atoms with Gasteiger partial charge in [0.15, 0.2) is 0 Å². The fourth-order valence-electron chi connectivity index (χ4n) is 1.63. The third-order valence-corrected chi connectivity index (χ3v) is 3.87. The Morgan fingerprint density at radius 2 is 2.05 bits per heavy atom. The number of nitrogens with two attached hydrogens (primary N) is 1. The number of benzene rings is 1. The molecule has 8 heteroatoms. The van der Waals surface area contributed by atoms with Crippen LogP contribution in [-0.4, -0.2) is 9.97 Å². The Morgan fingerprint density at radius 3 is 2.85 bits per heavy atom. The zero-order valence-electron chi connectivity index (χ0n) is 9.93. The first-order valence-electron chi connectivity index (χ1n) is 5.52. The zero-order chi connectivity index (χ0) is 14.1. The van der Waals surface area contributed by atoms with Crippen LogP contribution < -0.4 is 16.0 Å². The van der Waals surface area contributed by atoms with Crippen molar-refractivity contribution in [2.45, 2.75) is 0 Å². The van der Waals surface area contributed by atoms with Crippen LogP contribution in [0.2, 0.25) is 10.0 Å². The third kappa shape index (κ3) is 2.51. The Hall–Kier alpha value is -1.60. The summed E-state index contributed by atoms with van der Waals surface area (Å²) in [4.78, 5) is 9.19. The number of hydrogen-bond donors (Lipinski definition) is 2. The average molecular weight is 327 g/mol. The van der Waals surface area contributed by atoms with Crippen LogP contribution in [0.5, 0.6) is 11.6 Å². The second-order valence-electron chi connectivity index (χ2n) is 3.81. The van der Waals surface area contributed by atoms with Crippen molar-refractivity contribution in [2.24, 2.45) is 5.84 Å². The van der Waals surface area contributed by atoms with Gasteiger partial charge < -0.3 is 4.74 Å². The van der Waals surface area contributed by atoms with Crippen molar-refractivity contribution < 1.29 is 4.74 Å². The van der Waals surface area contributed by atoms with Crippen molar-refractivity contribution >= 4 is 50.7 Å². The molecule has 0 atom stereocenters. The van der Waals surface area contributed by atoms with E-state index in [1.54, 1.807) is 18.2 Å². The highest BCUT2D eigenvalue weighted by Gasteiger charge is 2.12. The molecule has 3 rings (SSSR count). The van der Waals surface area contributed by atoms with Crippen molar-refractivity contribution in [3.05, 3.63) is 39.7 Å². The largest absolute Gasteiger partial charge is 0.437 e. The highest BCUT2D eigenvalue weighted by atomic mass is 35.5. The first-order valence-corrected chi connectivity index (χ1v) is 7.15. The van der Waals surface area contributed by atoms with Gasteiger partial charge in [0.1, 0.15) is 10.6 Å². The number of ether oxygens (including phenoxy) is 1. The molecule has 3 N–H and O–H groups in total. The van der Waals surface area contributed by atoms with Gasteiger partial charge >= 0.3 is 0 Å². The molecule has 1 aromatic carbocycles. The number of nitrogen functional groups attached to an aromatic ring is 1. The highest BCUT2D eigenvalue weighted by Crippen LogP contribution is 2.35. The molecule has 3 aromatic rings. The molecule has 0 bridgehead atoms. The lowest BCUT2D eigenvalue weighted by atomic mass is 10.3. The quantitative estimate of drug-likeness (QED) is 0.560. The minimum atomic E-state index is 0.271. The minimum absolute atomic E-state index is 0.271. The minimum Gasteiger partial charge on any atom is -0.437 e. The molecule has 0 saturated carbocycles. The number of anilines is 1. The van der Waals surface area contributed by atoms with Crippen LogP contribution in [0.3, 0.4) is 0 Å². The smallest absolute Gasteiger partial charge is 0.241 e. The van der Waals surface area contributed by atoms with Gasteiger partial charge in [-0.3, -0.25) is 5.43 Å². The summed E-state index contributed by atoms with van der Waals surface area (Å²) in [5, 5.41) is 3.65. The lowest BCUT2D eigenvalue weighted by Crippen LogP contribution is -2.10. The SMILES string of the molecule is NNc1nc(Oc2cc(Cl)ccc2Cl)c2ccsc2n1. The fraction of sp³-hybridized carbons (Fsp3) is 0. The number of rotatable bonds is 3. The van der Waals surface area contributed by atoms with Crippen molar-refractivity contribution in [3.8, 4) is 11.6 Å². The summed E-state index contributed by atoms with van der Waals surface area (Å²) in [6.07, 6.45) is 0. The summed E-state index contributed by atoms with van der Waals surface area (Å²) in [7, 11) is 0. The standard InChI is InChI=1S/C12H8Cl2N4OS/c13-6-1-2-8(14)9(5-6)19-10-7-3-4-20-11(7)17-12(16-10)18-15/h1-5H,15H2,(H,16,17,18). The van der Waals surface area contributed by atoms with Gasteiger partial charge in [-0.2, -0.15) is 4.98 Å². The Balaban J connectivity index is 2.09. The van der Waals surface area contributed by atoms with Gasteiger partial charge in [-0.1, -0.05) is 23.2 Å². The summed E-state index contributed by atoms with van der Waals surface area (Å²) in [5.41, 5.74) is 2.41. The van der Waals surface area contributed by atoms with Gasteiger partial charge in [0.05, 0.1) is 10.4 Å². The normalized spacial score (nSPS) is 10.8. The number of hydrogen-bond acceptors (Lipinski definition) is 6. The first-order chi connectivity index (χ1) is 9.67. The monoisotopic (exact) mass is 326 g/mol. The van der Waals surface area contributed by atoms with Gasteiger partial charge in [0.25, 0.3) is 0 Å². The van der Waals surface area contributed by atoms with Crippen molar-refractivity contribution in [1.82, 2.24) is 9.97 Å². The van der Waals surface area contributed by atoms with Crippen LogP contribution in [-0.2, 0) is 0 Å². The maximum Gasteiger partial charge on any atom is 0.241 e. The molecule has 0 aliphatic heterocycles. The molecule has 0 amide bonds. The van der Waals surface area contributed by atoms with E-state index < -0.39 is 0 Å². The van der Waals surface area contributed by atoms with E-state index >= 15 is 0 Å². The molecule has 0 spiro atoms. The molecule has 2 aromatic heterocycles. The topological polar surface area (TPSA) is 73.1 Å². The maximum absolute atomic E-state index is 6.08. The second kappa shape index (κ2) is 5.41. The van der Waals surface area contributed by atoms with Gasteiger partial charge in [0, 0.05) is 11.1 Å². The summed E-state index contributed by atoms with van der Waals surface area (Å²) < 4.78 is 5.75. The molecule has 2 heterocycles. The molecule has 0 fully saturated rings. The number of nitrogens with one attached hydrogen (secondary N) is 1. The molecule has 102 valence electrons. The molecule has 0 saturated heterocycles.